The Morgan fingerprint density at radius 2 is 2.00 bits per heavy atom. The lowest BCUT2D eigenvalue weighted by atomic mass is 10.1. The fourth-order valence-electron chi connectivity index (χ4n) is 1.76. The summed E-state index contributed by atoms with van der Waals surface area (Å²) in [6.45, 7) is 2.68. The summed E-state index contributed by atoms with van der Waals surface area (Å²) in [5.41, 5.74) is 8.26. The van der Waals surface area contributed by atoms with E-state index in [2.05, 4.69) is 18.3 Å². The van der Waals surface area contributed by atoms with Crippen molar-refractivity contribution < 1.29 is 4.79 Å². The maximum Gasteiger partial charge on any atom is 0.237 e. The van der Waals surface area contributed by atoms with Gasteiger partial charge in [-0.1, -0.05) is 31.2 Å². The van der Waals surface area contributed by atoms with Gasteiger partial charge in [-0.2, -0.15) is 11.8 Å². The van der Waals surface area contributed by atoms with E-state index in [1.807, 2.05) is 24.5 Å². The van der Waals surface area contributed by atoms with E-state index in [0.29, 0.717) is 6.54 Å². The summed E-state index contributed by atoms with van der Waals surface area (Å²) in [4.78, 5) is 11.8. The third kappa shape index (κ3) is 6.32. The minimum Gasteiger partial charge on any atom is -0.351 e. The van der Waals surface area contributed by atoms with Gasteiger partial charge in [-0.15, -0.1) is 12.4 Å². The van der Waals surface area contributed by atoms with E-state index in [-0.39, 0.29) is 18.3 Å². The summed E-state index contributed by atoms with van der Waals surface area (Å²) in [5.74, 6) is 0.857. The van der Waals surface area contributed by atoms with Crippen LogP contribution in [0.4, 0.5) is 0 Å². The van der Waals surface area contributed by atoms with Crippen molar-refractivity contribution in [2.75, 3.05) is 12.0 Å². The third-order valence-electron chi connectivity index (χ3n) is 2.92. The number of carbonyl (C=O) groups is 1. The molecule has 0 heterocycles. The fourth-order valence-corrected chi connectivity index (χ4v) is 2.25. The van der Waals surface area contributed by atoms with Crippen LogP contribution in [0.2, 0.25) is 0 Å². The van der Waals surface area contributed by atoms with Gasteiger partial charge in [0.2, 0.25) is 5.91 Å². The lowest BCUT2D eigenvalue weighted by molar-refractivity contribution is -0.122. The Bertz CT molecular complexity index is 387. The van der Waals surface area contributed by atoms with Crippen molar-refractivity contribution in [3.05, 3.63) is 35.4 Å². The normalized spacial score (nSPS) is 11.5. The predicted octanol–water partition coefficient (Wildman–Crippen LogP) is 2.37. The summed E-state index contributed by atoms with van der Waals surface area (Å²) in [6, 6.07) is 7.76. The van der Waals surface area contributed by atoms with Crippen LogP contribution in [0.15, 0.2) is 24.3 Å². The molecule has 0 fully saturated rings. The number of nitrogens with two attached hydrogens (primary N) is 1. The second kappa shape index (κ2) is 10.1. The molecule has 1 aromatic rings. The Labute approximate surface area is 126 Å². The summed E-state index contributed by atoms with van der Waals surface area (Å²) in [7, 11) is 0. The minimum atomic E-state index is -0.397. The number of aryl methyl sites for hydroxylation is 1. The van der Waals surface area contributed by atoms with Crippen molar-refractivity contribution in [2.24, 2.45) is 5.73 Å². The van der Waals surface area contributed by atoms with E-state index < -0.39 is 6.04 Å². The molecule has 0 unspecified atom stereocenters. The van der Waals surface area contributed by atoms with Crippen LogP contribution in [0, 0.1) is 0 Å². The molecule has 0 saturated carbocycles. The summed E-state index contributed by atoms with van der Waals surface area (Å²) >= 11 is 1.71. The standard InChI is InChI=1S/C14H22N2OS.ClH/c1-3-11-6-4-5-7-12(11)10-16-14(17)13(15)8-9-18-2;/h4-7,13H,3,8-10,15H2,1-2H3,(H,16,17);1H/t13-;/m0./s1. The molecule has 3 nitrogen and oxygen atoms in total. The predicted molar refractivity (Wildman–Crippen MR) is 85.9 cm³/mol. The highest BCUT2D eigenvalue weighted by Crippen LogP contribution is 2.09. The minimum absolute atomic E-state index is 0. The molecule has 1 atom stereocenters. The van der Waals surface area contributed by atoms with Gasteiger partial charge in [-0.3, -0.25) is 4.79 Å². The van der Waals surface area contributed by atoms with Gasteiger partial charge >= 0.3 is 0 Å². The zero-order valence-corrected chi connectivity index (χ0v) is 13.2. The fraction of sp³-hybridized carbons (Fsp3) is 0.500. The first-order valence-electron chi connectivity index (χ1n) is 6.28. The van der Waals surface area contributed by atoms with Gasteiger partial charge in [0.05, 0.1) is 6.04 Å². The molecule has 0 aliphatic heterocycles. The quantitative estimate of drug-likeness (QED) is 0.813. The number of hydrogen-bond donors (Lipinski definition) is 2. The van der Waals surface area contributed by atoms with Gasteiger partial charge in [-0.05, 0) is 36.0 Å². The molecule has 0 aliphatic carbocycles. The highest BCUT2D eigenvalue weighted by atomic mass is 35.5. The molecule has 5 heteroatoms. The van der Waals surface area contributed by atoms with Gasteiger partial charge in [0.25, 0.3) is 0 Å². The molecule has 0 aliphatic rings. The van der Waals surface area contributed by atoms with Gasteiger partial charge in [-0.25, -0.2) is 0 Å². The average molecular weight is 303 g/mol. The summed E-state index contributed by atoms with van der Waals surface area (Å²) < 4.78 is 0. The molecule has 3 N–H and O–H groups in total. The maximum atomic E-state index is 11.8. The molecule has 19 heavy (non-hydrogen) atoms. The number of thioether (sulfide) groups is 1. The van der Waals surface area contributed by atoms with Crippen LogP contribution in [-0.4, -0.2) is 24.0 Å². The summed E-state index contributed by atoms with van der Waals surface area (Å²) in [6.07, 6.45) is 3.72. The van der Waals surface area contributed by atoms with E-state index in [4.69, 9.17) is 5.73 Å². The van der Waals surface area contributed by atoms with Crippen molar-refractivity contribution in [2.45, 2.75) is 32.4 Å². The first-order valence-corrected chi connectivity index (χ1v) is 7.67. The molecule has 0 saturated heterocycles. The topological polar surface area (TPSA) is 55.1 Å². The summed E-state index contributed by atoms with van der Waals surface area (Å²) in [5, 5.41) is 2.91. The molecular weight excluding hydrogens is 280 g/mol. The van der Waals surface area contributed by atoms with E-state index in [0.717, 1.165) is 18.6 Å². The Morgan fingerprint density at radius 3 is 2.58 bits per heavy atom. The SMILES string of the molecule is CCc1ccccc1CNC(=O)[C@@H](N)CCSC.Cl. The largest absolute Gasteiger partial charge is 0.351 e. The van der Waals surface area contributed by atoms with E-state index >= 15 is 0 Å². The number of carbonyl (C=O) groups excluding carboxylic acids is 1. The monoisotopic (exact) mass is 302 g/mol. The van der Waals surface area contributed by atoms with Crippen LogP contribution in [0.3, 0.4) is 0 Å². The second-order valence-electron chi connectivity index (χ2n) is 4.23. The van der Waals surface area contributed by atoms with Gasteiger partial charge in [0.1, 0.15) is 0 Å². The Kier molecular flexibility index (Phi) is 9.74. The Balaban J connectivity index is 0.00000324. The van der Waals surface area contributed by atoms with Crippen LogP contribution >= 0.6 is 24.2 Å². The van der Waals surface area contributed by atoms with Crippen LogP contribution in [-0.2, 0) is 17.8 Å². The first-order chi connectivity index (χ1) is 8.69. The van der Waals surface area contributed by atoms with E-state index in [1.54, 1.807) is 11.8 Å². The number of halogens is 1. The number of benzene rings is 1. The molecule has 0 bridgehead atoms. The third-order valence-corrected chi connectivity index (χ3v) is 3.57. The number of nitrogens with one attached hydrogen (secondary N) is 1. The lowest BCUT2D eigenvalue weighted by Crippen LogP contribution is -2.40. The molecular formula is C14H23ClN2OS. The van der Waals surface area contributed by atoms with Crippen molar-refractivity contribution in [3.8, 4) is 0 Å². The van der Waals surface area contributed by atoms with E-state index in [9.17, 15) is 4.79 Å². The molecule has 1 amide bonds. The van der Waals surface area contributed by atoms with Crippen molar-refractivity contribution in [3.63, 3.8) is 0 Å². The smallest absolute Gasteiger partial charge is 0.237 e. The zero-order valence-electron chi connectivity index (χ0n) is 11.5. The average Bonchev–Trinajstić information content (AvgIpc) is 2.42. The van der Waals surface area contributed by atoms with Crippen LogP contribution < -0.4 is 11.1 Å². The van der Waals surface area contributed by atoms with Gasteiger partial charge < -0.3 is 11.1 Å². The number of amides is 1. The van der Waals surface area contributed by atoms with Crippen molar-refractivity contribution in [1.29, 1.82) is 0 Å². The molecule has 0 radical (unpaired) electrons. The molecule has 1 rings (SSSR count). The van der Waals surface area contributed by atoms with E-state index in [1.165, 1.54) is 11.1 Å². The zero-order chi connectivity index (χ0) is 13.4. The highest BCUT2D eigenvalue weighted by Gasteiger charge is 2.12. The first kappa shape index (κ1) is 18.3. The molecule has 0 spiro atoms. The van der Waals surface area contributed by atoms with Crippen molar-refractivity contribution >= 4 is 30.1 Å². The van der Waals surface area contributed by atoms with Gasteiger partial charge in [0.15, 0.2) is 0 Å². The number of hydrogen-bond acceptors (Lipinski definition) is 3. The van der Waals surface area contributed by atoms with Crippen LogP contribution in [0.1, 0.15) is 24.5 Å². The number of rotatable bonds is 7. The van der Waals surface area contributed by atoms with Crippen LogP contribution in [0.25, 0.3) is 0 Å². The highest BCUT2D eigenvalue weighted by molar-refractivity contribution is 7.98. The molecule has 1 aromatic carbocycles. The molecule has 0 aromatic heterocycles. The van der Waals surface area contributed by atoms with Gasteiger partial charge in [0, 0.05) is 6.54 Å². The maximum absolute atomic E-state index is 11.8. The Morgan fingerprint density at radius 1 is 1.37 bits per heavy atom. The van der Waals surface area contributed by atoms with Crippen LogP contribution in [0.5, 0.6) is 0 Å². The van der Waals surface area contributed by atoms with Crippen molar-refractivity contribution in [1.82, 2.24) is 5.32 Å². The lowest BCUT2D eigenvalue weighted by Gasteiger charge is -2.13. The molecule has 108 valence electrons. The second-order valence-corrected chi connectivity index (χ2v) is 5.21. The Hall–Kier alpha value is -0.710.